The van der Waals surface area contributed by atoms with Crippen LogP contribution in [0.3, 0.4) is 0 Å². The summed E-state index contributed by atoms with van der Waals surface area (Å²) in [5, 5.41) is 16.5. The Labute approximate surface area is 141 Å². The van der Waals surface area contributed by atoms with Gasteiger partial charge in [0.25, 0.3) is 0 Å². The van der Waals surface area contributed by atoms with Crippen molar-refractivity contribution in [1.82, 2.24) is 30.0 Å². The molecule has 0 bridgehead atoms. The molecule has 0 atom stereocenters. The normalized spacial score (nSPS) is 11.3. The molecule has 6 nitrogen and oxygen atoms in total. The van der Waals surface area contributed by atoms with E-state index in [9.17, 15) is 0 Å². The van der Waals surface area contributed by atoms with Gasteiger partial charge in [-0.05, 0) is 37.3 Å². The third-order valence-corrected chi connectivity index (χ3v) is 3.99. The maximum Gasteiger partial charge on any atom is 0.209 e. The van der Waals surface area contributed by atoms with Gasteiger partial charge in [-0.2, -0.15) is 4.80 Å². The molecule has 1 aromatic carbocycles. The maximum absolute atomic E-state index is 6.22. The fourth-order valence-corrected chi connectivity index (χ4v) is 2.72. The molecule has 0 aliphatic rings. The smallest absolute Gasteiger partial charge is 0.209 e. The summed E-state index contributed by atoms with van der Waals surface area (Å²) >= 11 is 17.6. The zero-order valence-corrected chi connectivity index (χ0v) is 14.1. The van der Waals surface area contributed by atoms with Crippen LogP contribution in [0.2, 0.25) is 10.0 Å². The number of H-pyrrole nitrogens is 1. The maximum atomic E-state index is 6.22. The van der Waals surface area contributed by atoms with Gasteiger partial charge >= 0.3 is 0 Å². The summed E-state index contributed by atoms with van der Waals surface area (Å²) in [7, 11) is 0. The molecular formula is C13H12Cl2N6S. The van der Waals surface area contributed by atoms with Crippen LogP contribution in [0.25, 0.3) is 17.1 Å². The fraction of sp³-hybridized carbons (Fsp3) is 0.231. The minimum Gasteiger partial charge on any atom is -0.299 e. The largest absolute Gasteiger partial charge is 0.299 e. The predicted octanol–water partition coefficient (Wildman–Crippen LogP) is 4.08. The van der Waals surface area contributed by atoms with E-state index in [4.69, 9.17) is 35.4 Å². The van der Waals surface area contributed by atoms with Crippen LogP contribution in [-0.2, 0) is 0 Å². The van der Waals surface area contributed by atoms with Crippen molar-refractivity contribution in [2.75, 3.05) is 0 Å². The van der Waals surface area contributed by atoms with Crippen LogP contribution < -0.4 is 0 Å². The molecule has 0 radical (unpaired) electrons. The van der Waals surface area contributed by atoms with Gasteiger partial charge in [-0.3, -0.25) is 5.10 Å². The molecule has 0 spiro atoms. The van der Waals surface area contributed by atoms with E-state index in [0.29, 0.717) is 31.8 Å². The molecule has 0 saturated heterocycles. The second-order valence-corrected chi connectivity index (χ2v) is 6.18. The van der Waals surface area contributed by atoms with Gasteiger partial charge in [0.1, 0.15) is 4.64 Å². The highest BCUT2D eigenvalue weighted by atomic mass is 35.5. The highest BCUT2D eigenvalue weighted by Crippen LogP contribution is 2.26. The lowest BCUT2D eigenvalue weighted by molar-refractivity contribution is 0.455. The van der Waals surface area contributed by atoms with Crippen LogP contribution in [0.1, 0.15) is 19.9 Å². The summed E-state index contributed by atoms with van der Waals surface area (Å²) < 4.78 is 2.20. The van der Waals surface area contributed by atoms with Crippen molar-refractivity contribution in [2.45, 2.75) is 19.9 Å². The van der Waals surface area contributed by atoms with Crippen LogP contribution in [0.4, 0.5) is 0 Å². The van der Waals surface area contributed by atoms with Crippen LogP contribution in [0.5, 0.6) is 0 Å². The second kappa shape index (κ2) is 5.83. The first-order valence-corrected chi connectivity index (χ1v) is 7.69. The fourth-order valence-electron chi connectivity index (χ4n) is 1.92. The highest BCUT2D eigenvalue weighted by molar-refractivity contribution is 7.71. The van der Waals surface area contributed by atoms with Crippen molar-refractivity contribution in [1.29, 1.82) is 0 Å². The third kappa shape index (κ3) is 2.67. The number of aromatic amines is 1. The van der Waals surface area contributed by atoms with E-state index in [1.54, 1.807) is 29.1 Å². The van der Waals surface area contributed by atoms with Gasteiger partial charge in [0, 0.05) is 11.2 Å². The topological polar surface area (TPSA) is 64.3 Å². The van der Waals surface area contributed by atoms with E-state index >= 15 is 0 Å². The zero-order valence-electron chi connectivity index (χ0n) is 11.8. The van der Waals surface area contributed by atoms with E-state index in [1.165, 1.54) is 4.80 Å². The summed E-state index contributed by atoms with van der Waals surface area (Å²) in [5.41, 5.74) is 1.39. The lowest BCUT2D eigenvalue weighted by atomic mass is 10.3. The van der Waals surface area contributed by atoms with Gasteiger partial charge in [-0.1, -0.05) is 35.4 Å². The number of nitrogens with one attached hydrogen (secondary N) is 1. The summed E-state index contributed by atoms with van der Waals surface area (Å²) in [5.74, 6) is 0.471. The average Bonchev–Trinajstić information content (AvgIpc) is 3.06. The molecule has 0 unspecified atom stereocenters. The summed E-state index contributed by atoms with van der Waals surface area (Å²) in [6.45, 7) is 3.95. The lowest BCUT2D eigenvalue weighted by Gasteiger charge is -2.05. The van der Waals surface area contributed by atoms with E-state index in [2.05, 4.69) is 20.5 Å². The number of benzene rings is 1. The Hall–Kier alpha value is -1.70. The lowest BCUT2D eigenvalue weighted by Crippen LogP contribution is -2.04. The van der Waals surface area contributed by atoms with Gasteiger partial charge in [-0.15, -0.1) is 10.2 Å². The first-order valence-electron chi connectivity index (χ1n) is 6.53. The number of nitrogens with zero attached hydrogens (tertiary/aromatic N) is 5. The number of hydrogen-bond donors (Lipinski definition) is 1. The number of hydrogen-bond acceptors (Lipinski definition) is 4. The number of halogens is 2. The van der Waals surface area contributed by atoms with Crippen LogP contribution in [0.15, 0.2) is 24.4 Å². The Kier molecular flexibility index (Phi) is 4.03. The monoisotopic (exact) mass is 354 g/mol. The molecule has 0 fully saturated rings. The van der Waals surface area contributed by atoms with Crippen LogP contribution >= 0.6 is 35.4 Å². The molecule has 1 N–H and O–H groups in total. The molecule has 2 aromatic heterocycles. The van der Waals surface area contributed by atoms with Gasteiger partial charge < -0.3 is 0 Å². The molecule has 9 heteroatoms. The van der Waals surface area contributed by atoms with Crippen molar-refractivity contribution in [3.8, 4) is 17.1 Å². The van der Waals surface area contributed by atoms with Crippen LogP contribution in [0, 0.1) is 4.64 Å². The highest BCUT2D eigenvalue weighted by Gasteiger charge is 2.14. The molecule has 2 heterocycles. The van der Waals surface area contributed by atoms with E-state index in [-0.39, 0.29) is 6.04 Å². The summed E-state index contributed by atoms with van der Waals surface area (Å²) in [4.78, 5) is 1.54. The van der Waals surface area contributed by atoms with E-state index in [1.807, 2.05) is 13.8 Å². The molecule has 114 valence electrons. The van der Waals surface area contributed by atoms with Crippen molar-refractivity contribution in [2.24, 2.45) is 0 Å². The second-order valence-electron chi connectivity index (χ2n) is 4.95. The van der Waals surface area contributed by atoms with E-state index in [0.717, 1.165) is 0 Å². The van der Waals surface area contributed by atoms with Gasteiger partial charge in [-0.25, -0.2) is 4.68 Å². The Morgan fingerprint density at radius 2 is 2.05 bits per heavy atom. The predicted molar refractivity (Wildman–Crippen MR) is 88.2 cm³/mol. The molecule has 0 aliphatic heterocycles. The number of rotatable bonds is 3. The number of aromatic nitrogens is 6. The van der Waals surface area contributed by atoms with Crippen molar-refractivity contribution in [3.63, 3.8) is 0 Å². The first kappa shape index (κ1) is 15.2. The summed E-state index contributed by atoms with van der Waals surface area (Å²) in [6.07, 6.45) is 1.73. The molecule has 3 rings (SSSR count). The van der Waals surface area contributed by atoms with Gasteiger partial charge in [0.05, 0.1) is 22.3 Å². The Bertz CT molecular complexity index is 879. The Balaban J connectivity index is 2.06. The van der Waals surface area contributed by atoms with E-state index < -0.39 is 0 Å². The number of tetrazole rings is 1. The van der Waals surface area contributed by atoms with Gasteiger partial charge in [0.2, 0.25) is 5.82 Å². The summed E-state index contributed by atoms with van der Waals surface area (Å²) in [6, 6.07) is 5.33. The quantitative estimate of drug-likeness (QED) is 0.719. The minimum atomic E-state index is 0.131. The average molecular weight is 355 g/mol. The standard InChI is InChI=1S/C13H12Cl2N6S/c1-7(2)21-18-12(17-19-21)9-6-16-20(13(9)22)11-4-3-8(14)5-10(11)15/h3-7,16H,1-2H3. The Morgan fingerprint density at radius 3 is 2.68 bits per heavy atom. The molecule has 0 saturated carbocycles. The van der Waals surface area contributed by atoms with Crippen molar-refractivity contribution >= 4 is 35.4 Å². The SMILES string of the molecule is CC(C)n1nnc(-c2c[nH]n(-c3ccc(Cl)cc3Cl)c2=S)n1. The molecule has 0 aliphatic carbocycles. The Morgan fingerprint density at radius 1 is 1.27 bits per heavy atom. The first-order chi connectivity index (χ1) is 10.5. The molecule has 3 aromatic rings. The van der Waals surface area contributed by atoms with Crippen molar-refractivity contribution < 1.29 is 0 Å². The van der Waals surface area contributed by atoms with Gasteiger partial charge in [0.15, 0.2) is 0 Å². The molecule has 0 amide bonds. The molecule has 22 heavy (non-hydrogen) atoms. The van der Waals surface area contributed by atoms with Crippen LogP contribution in [-0.4, -0.2) is 30.0 Å². The van der Waals surface area contributed by atoms with Crippen molar-refractivity contribution in [3.05, 3.63) is 39.1 Å². The third-order valence-electron chi connectivity index (χ3n) is 3.05. The molecular weight excluding hydrogens is 343 g/mol. The zero-order chi connectivity index (χ0) is 15.9. The minimum absolute atomic E-state index is 0.131.